The molecule has 0 saturated carbocycles. The maximum Gasteiger partial charge on any atom is 0.263 e. The van der Waals surface area contributed by atoms with Gasteiger partial charge in [-0.05, 0) is 17.4 Å². The Morgan fingerprint density at radius 3 is 2.78 bits per heavy atom. The number of amides is 2. The van der Waals surface area contributed by atoms with E-state index >= 15 is 0 Å². The third-order valence-electron chi connectivity index (χ3n) is 2.96. The van der Waals surface area contributed by atoms with E-state index in [0.29, 0.717) is 25.6 Å². The molecule has 1 fully saturated rings. The van der Waals surface area contributed by atoms with Crippen molar-refractivity contribution in [1.29, 1.82) is 0 Å². The molecule has 0 spiro atoms. The van der Waals surface area contributed by atoms with Gasteiger partial charge in [0.15, 0.2) is 0 Å². The van der Waals surface area contributed by atoms with Gasteiger partial charge in [-0.2, -0.15) is 0 Å². The van der Waals surface area contributed by atoms with E-state index < -0.39 is 0 Å². The Hall–Kier alpha value is -1.36. The summed E-state index contributed by atoms with van der Waals surface area (Å²) in [5.74, 6) is 0.530. The molecule has 1 saturated heterocycles. The molecule has 98 valence electrons. The first-order valence-corrected chi connectivity index (χ1v) is 7.06. The number of nitrogens with zero attached hydrogens (tertiary/aromatic N) is 1. The Morgan fingerprint density at radius 1 is 1.50 bits per heavy atom. The number of likely N-dealkylation sites (tertiary alicyclic amines) is 1. The molecule has 1 aliphatic heterocycles. The second kappa shape index (κ2) is 5.52. The standard InChI is InChI=1S/C13H18N2O2S/c1-9(2)6-14-12(16)10-7-15(8-10)13(17)11-4-3-5-18-11/h3-5,9-10H,6-8H2,1-2H3,(H,14,16). The lowest BCUT2D eigenvalue weighted by Crippen LogP contribution is -2.55. The zero-order chi connectivity index (χ0) is 13.1. The van der Waals surface area contributed by atoms with Crippen molar-refractivity contribution in [1.82, 2.24) is 10.2 Å². The minimum atomic E-state index is -0.0346. The minimum absolute atomic E-state index is 0.0346. The lowest BCUT2D eigenvalue weighted by atomic mass is 9.98. The third kappa shape index (κ3) is 2.90. The summed E-state index contributed by atoms with van der Waals surface area (Å²) in [5, 5.41) is 4.79. The summed E-state index contributed by atoms with van der Waals surface area (Å²) in [6.07, 6.45) is 0. The molecule has 1 N–H and O–H groups in total. The second-order valence-electron chi connectivity index (χ2n) is 5.02. The van der Waals surface area contributed by atoms with Crippen molar-refractivity contribution in [3.8, 4) is 0 Å². The molecule has 5 heteroatoms. The van der Waals surface area contributed by atoms with E-state index in [1.165, 1.54) is 11.3 Å². The van der Waals surface area contributed by atoms with E-state index in [1.54, 1.807) is 4.90 Å². The van der Waals surface area contributed by atoms with Gasteiger partial charge in [-0.3, -0.25) is 9.59 Å². The van der Waals surface area contributed by atoms with Gasteiger partial charge in [-0.25, -0.2) is 0 Å². The van der Waals surface area contributed by atoms with Gasteiger partial charge in [0.1, 0.15) is 0 Å². The average molecular weight is 266 g/mol. The molecule has 1 aromatic heterocycles. The maximum absolute atomic E-state index is 11.9. The van der Waals surface area contributed by atoms with Crippen LogP contribution in [0.3, 0.4) is 0 Å². The van der Waals surface area contributed by atoms with Crippen LogP contribution in [0.25, 0.3) is 0 Å². The molecular weight excluding hydrogens is 248 g/mol. The fourth-order valence-corrected chi connectivity index (χ4v) is 2.51. The number of hydrogen-bond acceptors (Lipinski definition) is 3. The molecular formula is C13H18N2O2S. The monoisotopic (exact) mass is 266 g/mol. The molecule has 2 rings (SSSR count). The fourth-order valence-electron chi connectivity index (χ4n) is 1.82. The van der Waals surface area contributed by atoms with E-state index in [2.05, 4.69) is 19.2 Å². The van der Waals surface area contributed by atoms with E-state index in [4.69, 9.17) is 0 Å². The Bertz CT molecular complexity index is 422. The van der Waals surface area contributed by atoms with Crippen LogP contribution in [0, 0.1) is 11.8 Å². The molecule has 0 atom stereocenters. The van der Waals surface area contributed by atoms with Crippen molar-refractivity contribution < 1.29 is 9.59 Å². The Kier molecular flexibility index (Phi) is 4.01. The van der Waals surface area contributed by atoms with Gasteiger partial charge in [0.05, 0.1) is 10.8 Å². The average Bonchev–Trinajstić information content (AvgIpc) is 2.77. The van der Waals surface area contributed by atoms with Gasteiger partial charge in [-0.15, -0.1) is 11.3 Å². The van der Waals surface area contributed by atoms with E-state index in [1.807, 2.05) is 17.5 Å². The van der Waals surface area contributed by atoms with Crippen LogP contribution in [0.5, 0.6) is 0 Å². The molecule has 2 amide bonds. The summed E-state index contributed by atoms with van der Waals surface area (Å²) in [4.78, 5) is 26.1. The molecule has 0 unspecified atom stereocenters. The van der Waals surface area contributed by atoms with Crippen LogP contribution in [-0.2, 0) is 4.79 Å². The van der Waals surface area contributed by atoms with Crippen LogP contribution >= 0.6 is 11.3 Å². The number of rotatable bonds is 4. The van der Waals surface area contributed by atoms with Gasteiger partial charge in [0.2, 0.25) is 5.91 Å². The smallest absolute Gasteiger partial charge is 0.263 e. The number of carbonyl (C=O) groups is 2. The molecule has 1 aromatic rings. The van der Waals surface area contributed by atoms with E-state index in [0.717, 1.165) is 4.88 Å². The third-order valence-corrected chi connectivity index (χ3v) is 3.81. The van der Waals surface area contributed by atoms with Crippen molar-refractivity contribution in [3.05, 3.63) is 22.4 Å². The highest BCUT2D eigenvalue weighted by molar-refractivity contribution is 7.12. The summed E-state index contributed by atoms with van der Waals surface area (Å²) < 4.78 is 0. The van der Waals surface area contributed by atoms with Crippen LogP contribution in [0.4, 0.5) is 0 Å². The van der Waals surface area contributed by atoms with Gasteiger partial charge < -0.3 is 10.2 Å². The van der Waals surface area contributed by atoms with Gasteiger partial charge in [0, 0.05) is 19.6 Å². The Labute approximate surface area is 111 Å². The molecule has 4 nitrogen and oxygen atoms in total. The molecule has 0 aromatic carbocycles. The molecule has 0 radical (unpaired) electrons. The highest BCUT2D eigenvalue weighted by Crippen LogP contribution is 2.21. The lowest BCUT2D eigenvalue weighted by molar-refractivity contribution is -0.129. The number of hydrogen-bond donors (Lipinski definition) is 1. The normalized spacial score (nSPS) is 15.6. The molecule has 2 heterocycles. The van der Waals surface area contributed by atoms with Crippen molar-refractivity contribution in [2.24, 2.45) is 11.8 Å². The zero-order valence-corrected chi connectivity index (χ0v) is 11.5. The fraction of sp³-hybridized carbons (Fsp3) is 0.538. The minimum Gasteiger partial charge on any atom is -0.355 e. The van der Waals surface area contributed by atoms with E-state index in [-0.39, 0.29) is 17.7 Å². The first kappa shape index (κ1) is 13.1. The molecule has 0 bridgehead atoms. The molecule has 18 heavy (non-hydrogen) atoms. The Balaban J connectivity index is 1.77. The van der Waals surface area contributed by atoms with Gasteiger partial charge in [0.25, 0.3) is 5.91 Å². The predicted molar refractivity (Wildman–Crippen MR) is 71.6 cm³/mol. The SMILES string of the molecule is CC(C)CNC(=O)C1CN(C(=O)c2cccs2)C1. The summed E-state index contributed by atoms with van der Waals surface area (Å²) in [7, 11) is 0. The molecule has 1 aliphatic rings. The topological polar surface area (TPSA) is 49.4 Å². The highest BCUT2D eigenvalue weighted by atomic mass is 32.1. The summed E-state index contributed by atoms with van der Waals surface area (Å²) in [6.45, 7) is 5.91. The first-order valence-electron chi connectivity index (χ1n) is 6.18. The van der Waals surface area contributed by atoms with Crippen LogP contribution < -0.4 is 5.32 Å². The number of thiophene rings is 1. The van der Waals surface area contributed by atoms with Crippen molar-refractivity contribution in [2.45, 2.75) is 13.8 Å². The summed E-state index contributed by atoms with van der Waals surface area (Å²) in [6, 6.07) is 3.68. The maximum atomic E-state index is 11.9. The highest BCUT2D eigenvalue weighted by Gasteiger charge is 2.36. The number of nitrogens with one attached hydrogen (secondary N) is 1. The van der Waals surface area contributed by atoms with Crippen molar-refractivity contribution in [2.75, 3.05) is 19.6 Å². The first-order chi connectivity index (χ1) is 8.58. The predicted octanol–water partition coefficient (Wildman–Crippen LogP) is 1.59. The summed E-state index contributed by atoms with van der Waals surface area (Å²) >= 11 is 1.44. The second-order valence-corrected chi connectivity index (χ2v) is 5.97. The molecule has 0 aliphatic carbocycles. The largest absolute Gasteiger partial charge is 0.355 e. The zero-order valence-electron chi connectivity index (χ0n) is 10.7. The van der Waals surface area contributed by atoms with Crippen LogP contribution in [0.15, 0.2) is 17.5 Å². The lowest BCUT2D eigenvalue weighted by Gasteiger charge is -2.38. The van der Waals surface area contributed by atoms with Crippen molar-refractivity contribution in [3.63, 3.8) is 0 Å². The van der Waals surface area contributed by atoms with Crippen LogP contribution in [-0.4, -0.2) is 36.3 Å². The van der Waals surface area contributed by atoms with Crippen molar-refractivity contribution >= 4 is 23.2 Å². The van der Waals surface area contributed by atoms with Gasteiger partial charge in [-0.1, -0.05) is 19.9 Å². The quantitative estimate of drug-likeness (QED) is 0.899. The number of carbonyl (C=O) groups excluding carboxylic acids is 2. The Morgan fingerprint density at radius 2 is 2.22 bits per heavy atom. The van der Waals surface area contributed by atoms with E-state index in [9.17, 15) is 9.59 Å². The van der Waals surface area contributed by atoms with Crippen LogP contribution in [0.2, 0.25) is 0 Å². The summed E-state index contributed by atoms with van der Waals surface area (Å²) in [5.41, 5.74) is 0. The van der Waals surface area contributed by atoms with Gasteiger partial charge >= 0.3 is 0 Å². The van der Waals surface area contributed by atoms with Crippen LogP contribution in [0.1, 0.15) is 23.5 Å².